The number of carboxylic acid groups (broad SMARTS) is 1. The molecule has 3 nitrogen and oxygen atoms in total. The molecule has 0 aromatic heterocycles. The van der Waals surface area contributed by atoms with Crippen LogP contribution in [0.1, 0.15) is 64.0 Å². The maximum absolute atomic E-state index is 11.0. The average molecular weight is 410 g/mol. The SMILES string of the molecule is CC1(C)CC=C(c2ccc(CN)cc2)c2cc(/C=C/c3ccc(C(=O)O)cc3)ccc21. The molecule has 0 radical (unpaired) electrons. The van der Waals surface area contributed by atoms with Crippen molar-refractivity contribution in [1.82, 2.24) is 0 Å². The lowest BCUT2D eigenvalue weighted by atomic mass is 9.72. The molecule has 0 amide bonds. The minimum absolute atomic E-state index is 0.0882. The molecule has 156 valence electrons. The number of rotatable bonds is 5. The van der Waals surface area contributed by atoms with E-state index in [0.29, 0.717) is 12.1 Å². The Labute approximate surface area is 183 Å². The molecule has 3 aromatic rings. The molecule has 0 fully saturated rings. The molecule has 0 saturated carbocycles. The molecule has 0 heterocycles. The van der Waals surface area contributed by atoms with Crippen LogP contribution in [-0.4, -0.2) is 11.1 Å². The van der Waals surface area contributed by atoms with E-state index in [4.69, 9.17) is 10.8 Å². The molecule has 31 heavy (non-hydrogen) atoms. The summed E-state index contributed by atoms with van der Waals surface area (Å²) in [5.74, 6) is -0.911. The Morgan fingerprint density at radius 2 is 1.61 bits per heavy atom. The molecule has 0 unspecified atom stereocenters. The van der Waals surface area contributed by atoms with E-state index in [1.54, 1.807) is 12.1 Å². The Balaban J connectivity index is 1.68. The molecular formula is C28H27NO2. The molecule has 3 heteroatoms. The molecule has 4 rings (SSSR count). The molecule has 0 saturated heterocycles. The first-order valence-electron chi connectivity index (χ1n) is 10.5. The van der Waals surface area contributed by atoms with Gasteiger partial charge >= 0.3 is 5.97 Å². The van der Waals surface area contributed by atoms with E-state index in [1.807, 2.05) is 18.2 Å². The molecule has 0 aliphatic heterocycles. The minimum atomic E-state index is -0.911. The predicted octanol–water partition coefficient (Wildman–Crippen LogP) is 6.13. The van der Waals surface area contributed by atoms with Crippen LogP contribution in [0.25, 0.3) is 17.7 Å². The summed E-state index contributed by atoms with van der Waals surface area (Å²) >= 11 is 0. The normalized spacial score (nSPS) is 14.9. The van der Waals surface area contributed by atoms with Crippen molar-refractivity contribution in [3.63, 3.8) is 0 Å². The summed E-state index contributed by atoms with van der Waals surface area (Å²) in [4.78, 5) is 11.0. The van der Waals surface area contributed by atoms with Crippen molar-refractivity contribution in [1.29, 1.82) is 0 Å². The van der Waals surface area contributed by atoms with Gasteiger partial charge in [-0.3, -0.25) is 0 Å². The number of fused-ring (bicyclic) bond motifs is 1. The maximum atomic E-state index is 11.0. The Kier molecular flexibility index (Phi) is 5.62. The number of hydrogen-bond donors (Lipinski definition) is 2. The summed E-state index contributed by atoms with van der Waals surface area (Å²) in [6, 6.07) is 22.1. The zero-order valence-electron chi connectivity index (χ0n) is 17.9. The van der Waals surface area contributed by atoms with Gasteiger partial charge in [0, 0.05) is 6.54 Å². The van der Waals surface area contributed by atoms with Gasteiger partial charge in [-0.25, -0.2) is 4.79 Å². The van der Waals surface area contributed by atoms with E-state index in [0.717, 1.165) is 23.1 Å². The summed E-state index contributed by atoms with van der Waals surface area (Å²) in [6.45, 7) is 5.12. The van der Waals surface area contributed by atoms with Gasteiger partial charge in [0.1, 0.15) is 0 Å². The Bertz CT molecular complexity index is 1170. The van der Waals surface area contributed by atoms with Crippen molar-refractivity contribution in [2.75, 3.05) is 0 Å². The number of carboxylic acids is 1. The number of carbonyl (C=O) groups is 1. The van der Waals surface area contributed by atoms with Gasteiger partial charge in [-0.15, -0.1) is 0 Å². The fourth-order valence-electron chi connectivity index (χ4n) is 4.08. The van der Waals surface area contributed by atoms with Gasteiger partial charge in [0.15, 0.2) is 0 Å². The highest BCUT2D eigenvalue weighted by atomic mass is 16.4. The van der Waals surface area contributed by atoms with Gasteiger partial charge in [-0.05, 0) is 69.0 Å². The van der Waals surface area contributed by atoms with Gasteiger partial charge in [0.2, 0.25) is 0 Å². The summed E-state index contributed by atoms with van der Waals surface area (Å²) in [5.41, 5.74) is 14.5. The lowest BCUT2D eigenvalue weighted by Gasteiger charge is -2.32. The third-order valence-corrected chi connectivity index (χ3v) is 6.01. The maximum Gasteiger partial charge on any atom is 0.335 e. The first-order valence-corrected chi connectivity index (χ1v) is 10.5. The van der Waals surface area contributed by atoms with Crippen molar-refractivity contribution in [3.05, 3.63) is 112 Å². The Morgan fingerprint density at radius 1 is 0.968 bits per heavy atom. The number of benzene rings is 3. The smallest absolute Gasteiger partial charge is 0.335 e. The first kappa shape index (κ1) is 20.8. The third kappa shape index (κ3) is 4.37. The quantitative estimate of drug-likeness (QED) is 0.499. The molecule has 0 bridgehead atoms. The first-order chi connectivity index (χ1) is 14.9. The van der Waals surface area contributed by atoms with Crippen LogP contribution >= 0.6 is 0 Å². The molecule has 3 aromatic carbocycles. The van der Waals surface area contributed by atoms with Crippen LogP contribution in [0, 0.1) is 0 Å². The van der Waals surface area contributed by atoms with Crippen LogP contribution in [0.4, 0.5) is 0 Å². The highest BCUT2D eigenvalue weighted by Gasteiger charge is 2.28. The Morgan fingerprint density at radius 3 is 2.26 bits per heavy atom. The largest absolute Gasteiger partial charge is 0.478 e. The summed E-state index contributed by atoms with van der Waals surface area (Å²) in [6.07, 6.45) is 7.44. The second kappa shape index (κ2) is 8.37. The highest BCUT2D eigenvalue weighted by Crippen LogP contribution is 2.41. The fourth-order valence-corrected chi connectivity index (χ4v) is 4.08. The van der Waals surface area contributed by atoms with Crippen LogP contribution in [0.15, 0.2) is 72.8 Å². The number of nitrogens with two attached hydrogens (primary N) is 1. The van der Waals surface area contributed by atoms with Crippen LogP contribution in [0.2, 0.25) is 0 Å². The molecule has 3 N–H and O–H groups in total. The highest BCUT2D eigenvalue weighted by molar-refractivity contribution is 5.88. The summed E-state index contributed by atoms with van der Waals surface area (Å²) in [7, 11) is 0. The van der Waals surface area contributed by atoms with Gasteiger partial charge in [0.25, 0.3) is 0 Å². The second-order valence-electron chi connectivity index (χ2n) is 8.67. The van der Waals surface area contributed by atoms with Gasteiger partial charge in [-0.2, -0.15) is 0 Å². The van der Waals surface area contributed by atoms with Crippen LogP contribution in [-0.2, 0) is 12.0 Å². The predicted molar refractivity (Wildman–Crippen MR) is 128 cm³/mol. The molecule has 0 spiro atoms. The van der Waals surface area contributed by atoms with E-state index in [-0.39, 0.29) is 5.41 Å². The van der Waals surface area contributed by atoms with Crippen molar-refractivity contribution >= 4 is 23.7 Å². The van der Waals surface area contributed by atoms with Gasteiger partial charge in [0.05, 0.1) is 5.56 Å². The van der Waals surface area contributed by atoms with E-state index in [9.17, 15) is 4.79 Å². The third-order valence-electron chi connectivity index (χ3n) is 6.01. The van der Waals surface area contributed by atoms with Crippen molar-refractivity contribution in [2.45, 2.75) is 32.2 Å². The number of aromatic carboxylic acids is 1. The number of allylic oxidation sites excluding steroid dienone is 1. The van der Waals surface area contributed by atoms with Crippen LogP contribution < -0.4 is 5.73 Å². The van der Waals surface area contributed by atoms with Gasteiger partial charge < -0.3 is 10.8 Å². The Hall–Kier alpha value is -3.43. The van der Waals surface area contributed by atoms with Crippen LogP contribution in [0.3, 0.4) is 0 Å². The second-order valence-corrected chi connectivity index (χ2v) is 8.67. The molecule has 1 aliphatic carbocycles. The zero-order valence-corrected chi connectivity index (χ0v) is 17.9. The van der Waals surface area contributed by atoms with E-state index in [1.165, 1.54) is 22.3 Å². The summed E-state index contributed by atoms with van der Waals surface area (Å²) in [5, 5.41) is 9.06. The van der Waals surface area contributed by atoms with Crippen molar-refractivity contribution in [3.8, 4) is 0 Å². The molecule has 0 atom stereocenters. The lowest BCUT2D eigenvalue weighted by molar-refractivity contribution is 0.0697. The molecule has 1 aliphatic rings. The number of hydrogen-bond acceptors (Lipinski definition) is 2. The minimum Gasteiger partial charge on any atom is -0.478 e. The van der Waals surface area contributed by atoms with Crippen molar-refractivity contribution in [2.24, 2.45) is 5.73 Å². The standard InChI is InChI=1S/C28H27NO2/c1-28(2)16-15-24(22-10-7-21(18-29)8-11-22)25-17-20(9-14-26(25)28)4-3-19-5-12-23(13-6-19)27(30)31/h3-15,17H,16,18,29H2,1-2H3,(H,30,31)/b4-3+. The average Bonchev–Trinajstić information content (AvgIpc) is 2.78. The van der Waals surface area contributed by atoms with E-state index >= 15 is 0 Å². The summed E-state index contributed by atoms with van der Waals surface area (Å²) < 4.78 is 0. The lowest BCUT2D eigenvalue weighted by Crippen LogP contribution is -2.21. The zero-order chi connectivity index (χ0) is 22.0. The van der Waals surface area contributed by atoms with Crippen molar-refractivity contribution < 1.29 is 9.90 Å². The topological polar surface area (TPSA) is 63.3 Å². The van der Waals surface area contributed by atoms with Crippen LogP contribution in [0.5, 0.6) is 0 Å². The van der Waals surface area contributed by atoms with E-state index < -0.39 is 5.97 Å². The monoisotopic (exact) mass is 409 g/mol. The van der Waals surface area contributed by atoms with Gasteiger partial charge in [-0.1, -0.05) is 80.6 Å². The fraction of sp³-hybridized carbons (Fsp3) is 0.179. The molecular weight excluding hydrogens is 382 g/mol. The van der Waals surface area contributed by atoms with E-state index in [2.05, 4.69) is 68.5 Å².